The minimum atomic E-state index is -0.247. The van der Waals surface area contributed by atoms with Crippen LogP contribution in [0.2, 0.25) is 0 Å². The molecule has 3 nitrogen and oxygen atoms in total. The van der Waals surface area contributed by atoms with Crippen LogP contribution >= 0.6 is 0 Å². The molecule has 1 fully saturated rings. The molecule has 1 aliphatic heterocycles. The molecule has 132 valence electrons. The lowest BCUT2D eigenvalue weighted by atomic mass is 9.89. The minimum Gasteiger partial charge on any atom is -0.341 e. The van der Waals surface area contributed by atoms with Crippen LogP contribution in [-0.2, 0) is 0 Å². The first-order valence-electron chi connectivity index (χ1n) is 8.66. The molecule has 1 aliphatic rings. The second-order valence-corrected chi connectivity index (χ2v) is 7.54. The van der Waals surface area contributed by atoms with Crippen LogP contribution in [0.3, 0.4) is 0 Å². The standard InChI is InChI=1S/C21H25FN2O/c1-21(12-13-23(2)14-21)15-24(3)20(25)18-6-4-16(5-7-18)17-8-10-19(22)11-9-17/h4-11H,12-15H2,1-3H3. The summed E-state index contributed by atoms with van der Waals surface area (Å²) in [5.41, 5.74) is 2.76. The van der Waals surface area contributed by atoms with E-state index in [-0.39, 0.29) is 17.1 Å². The topological polar surface area (TPSA) is 23.6 Å². The van der Waals surface area contributed by atoms with Gasteiger partial charge in [0.05, 0.1) is 0 Å². The van der Waals surface area contributed by atoms with Crippen LogP contribution in [0.15, 0.2) is 48.5 Å². The molecule has 1 heterocycles. The van der Waals surface area contributed by atoms with E-state index in [0.717, 1.165) is 37.2 Å². The number of nitrogens with zero attached hydrogens (tertiary/aromatic N) is 2. The van der Waals surface area contributed by atoms with E-state index in [1.54, 1.807) is 12.1 Å². The molecule has 0 N–H and O–H groups in total. The van der Waals surface area contributed by atoms with Gasteiger partial charge in [0.15, 0.2) is 0 Å². The molecular formula is C21H25FN2O. The zero-order valence-corrected chi connectivity index (χ0v) is 15.1. The zero-order valence-electron chi connectivity index (χ0n) is 15.1. The molecule has 1 amide bonds. The summed E-state index contributed by atoms with van der Waals surface area (Å²) in [6, 6.07) is 13.9. The summed E-state index contributed by atoms with van der Waals surface area (Å²) in [7, 11) is 4.00. The fraction of sp³-hybridized carbons (Fsp3) is 0.381. The highest BCUT2D eigenvalue weighted by Crippen LogP contribution is 2.30. The molecule has 25 heavy (non-hydrogen) atoms. The lowest BCUT2D eigenvalue weighted by molar-refractivity contribution is 0.0730. The Hall–Kier alpha value is -2.20. The maximum absolute atomic E-state index is 13.0. The summed E-state index contributed by atoms with van der Waals surface area (Å²) < 4.78 is 13.0. The fourth-order valence-corrected chi connectivity index (χ4v) is 3.71. The molecule has 0 bridgehead atoms. The molecule has 4 heteroatoms. The van der Waals surface area contributed by atoms with Crippen molar-refractivity contribution in [3.8, 4) is 11.1 Å². The maximum Gasteiger partial charge on any atom is 0.253 e. The number of carbonyl (C=O) groups is 1. The Balaban J connectivity index is 1.69. The number of hydrogen-bond donors (Lipinski definition) is 0. The van der Waals surface area contributed by atoms with Crippen LogP contribution < -0.4 is 0 Å². The molecular weight excluding hydrogens is 315 g/mol. The van der Waals surface area contributed by atoms with Crippen molar-refractivity contribution in [2.24, 2.45) is 5.41 Å². The van der Waals surface area contributed by atoms with Crippen LogP contribution in [-0.4, -0.2) is 49.4 Å². The number of rotatable bonds is 4. The molecule has 2 aromatic rings. The molecule has 0 aromatic heterocycles. The van der Waals surface area contributed by atoms with E-state index in [2.05, 4.69) is 18.9 Å². The highest BCUT2D eigenvalue weighted by atomic mass is 19.1. The number of likely N-dealkylation sites (tertiary alicyclic amines) is 1. The Kier molecular flexibility index (Phi) is 4.91. The Bertz CT molecular complexity index is 741. The van der Waals surface area contributed by atoms with Crippen molar-refractivity contribution >= 4 is 5.91 Å². The SMILES string of the molecule is CN1CCC(C)(CN(C)C(=O)c2ccc(-c3ccc(F)cc3)cc2)C1. The van der Waals surface area contributed by atoms with Gasteiger partial charge in [-0.1, -0.05) is 31.2 Å². The highest BCUT2D eigenvalue weighted by molar-refractivity contribution is 5.94. The van der Waals surface area contributed by atoms with E-state index in [1.165, 1.54) is 12.1 Å². The molecule has 0 radical (unpaired) electrons. The molecule has 1 unspecified atom stereocenters. The third-order valence-corrected chi connectivity index (χ3v) is 5.02. The average molecular weight is 340 g/mol. The summed E-state index contributed by atoms with van der Waals surface area (Å²) in [5, 5.41) is 0. The van der Waals surface area contributed by atoms with Crippen molar-refractivity contribution in [3.63, 3.8) is 0 Å². The van der Waals surface area contributed by atoms with Crippen LogP contribution in [0.25, 0.3) is 11.1 Å². The number of halogens is 1. The van der Waals surface area contributed by atoms with Gasteiger partial charge in [-0.15, -0.1) is 0 Å². The molecule has 1 saturated heterocycles. The molecule has 3 rings (SSSR count). The molecule has 1 atom stereocenters. The van der Waals surface area contributed by atoms with E-state index < -0.39 is 0 Å². The van der Waals surface area contributed by atoms with Gasteiger partial charge in [-0.2, -0.15) is 0 Å². The van der Waals surface area contributed by atoms with Crippen molar-refractivity contribution in [1.29, 1.82) is 0 Å². The van der Waals surface area contributed by atoms with E-state index >= 15 is 0 Å². The van der Waals surface area contributed by atoms with Gasteiger partial charge in [0.2, 0.25) is 0 Å². The first-order chi connectivity index (χ1) is 11.9. The molecule has 2 aromatic carbocycles. The van der Waals surface area contributed by atoms with Crippen molar-refractivity contribution in [1.82, 2.24) is 9.80 Å². The largest absolute Gasteiger partial charge is 0.341 e. The number of hydrogen-bond acceptors (Lipinski definition) is 2. The average Bonchev–Trinajstić information content (AvgIpc) is 2.93. The number of amides is 1. The molecule has 0 saturated carbocycles. The summed E-state index contributed by atoms with van der Waals surface area (Å²) in [4.78, 5) is 16.9. The Morgan fingerprint density at radius 3 is 2.20 bits per heavy atom. The predicted octanol–water partition coefficient (Wildman–Crippen LogP) is 3.91. The number of carbonyl (C=O) groups excluding carboxylic acids is 1. The van der Waals surface area contributed by atoms with Crippen molar-refractivity contribution in [2.45, 2.75) is 13.3 Å². The highest BCUT2D eigenvalue weighted by Gasteiger charge is 2.34. The third-order valence-electron chi connectivity index (χ3n) is 5.02. The van der Waals surface area contributed by atoms with Crippen molar-refractivity contribution in [3.05, 3.63) is 59.9 Å². The van der Waals surface area contributed by atoms with E-state index in [0.29, 0.717) is 5.56 Å². The van der Waals surface area contributed by atoms with Crippen LogP contribution in [0.4, 0.5) is 4.39 Å². The van der Waals surface area contributed by atoms with Crippen LogP contribution in [0.1, 0.15) is 23.7 Å². The Morgan fingerprint density at radius 2 is 1.68 bits per heavy atom. The normalized spacial score (nSPS) is 20.6. The van der Waals surface area contributed by atoms with Crippen molar-refractivity contribution in [2.75, 3.05) is 33.7 Å². The molecule has 0 spiro atoms. The van der Waals surface area contributed by atoms with Gasteiger partial charge >= 0.3 is 0 Å². The fourth-order valence-electron chi connectivity index (χ4n) is 3.71. The van der Waals surface area contributed by atoms with Gasteiger partial charge in [0.25, 0.3) is 5.91 Å². The summed E-state index contributed by atoms with van der Waals surface area (Å²) in [5.74, 6) is -0.204. The lowest BCUT2D eigenvalue weighted by Crippen LogP contribution is -2.38. The summed E-state index contributed by atoms with van der Waals surface area (Å²) in [6.45, 7) is 5.12. The minimum absolute atomic E-state index is 0.0430. The third kappa shape index (κ3) is 4.07. The second kappa shape index (κ2) is 6.96. The quantitative estimate of drug-likeness (QED) is 0.842. The van der Waals surface area contributed by atoms with Gasteiger partial charge in [-0.05, 0) is 60.8 Å². The Labute approximate surface area is 149 Å². The van der Waals surface area contributed by atoms with Gasteiger partial charge in [-0.3, -0.25) is 4.79 Å². The first kappa shape index (κ1) is 17.6. The lowest BCUT2D eigenvalue weighted by Gasteiger charge is -2.30. The van der Waals surface area contributed by atoms with Crippen molar-refractivity contribution < 1.29 is 9.18 Å². The first-order valence-corrected chi connectivity index (χ1v) is 8.66. The maximum atomic E-state index is 13.0. The van der Waals surface area contributed by atoms with Gasteiger partial charge in [-0.25, -0.2) is 4.39 Å². The summed E-state index contributed by atoms with van der Waals surface area (Å²) >= 11 is 0. The number of benzene rings is 2. The monoisotopic (exact) mass is 340 g/mol. The van der Waals surface area contributed by atoms with E-state index in [1.807, 2.05) is 36.2 Å². The zero-order chi connectivity index (χ0) is 18.0. The summed E-state index contributed by atoms with van der Waals surface area (Å²) in [6.07, 6.45) is 1.12. The second-order valence-electron chi connectivity index (χ2n) is 7.54. The van der Waals surface area contributed by atoms with Gasteiger partial charge < -0.3 is 9.80 Å². The van der Waals surface area contributed by atoms with Crippen LogP contribution in [0, 0.1) is 11.2 Å². The van der Waals surface area contributed by atoms with Gasteiger partial charge in [0.1, 0.15) is 5.82 Å². The van der Waals surface area contributed by atoms with Gasteiger partial charge in [0, 0.05) is 25.7 Å². The predicted molar refractivity (Wildman–Crippen MR) is 99.0 cm³/mol. The smallest absolute Gasteiger partial charge is 0.253 e. The Morgan fingerprint density at radius 1 is 1.12 bits per heavy atom. The van der Waals surface area contributed by atoms with E-state index in [4.69, 9.17) is 0 Å². The molecule has 0 aliphatic carbocycles. The van der Waals surface area contributed by atoms with E-state index in [9.17, 15) is 9.18 Å². The van der Waals surface area contributed by atoms with Crippen LogP contribution in [0.5, 0.6) is 0 Å².